The van der Waals surface area contributed by atoms with Crippen LogP contribution in [-0.2, 0) is 0 Å². The lowest BCUT2D eigenvalue weighted by atomic mass is 9.67. The van der Waals surface area contributed by atoms with Crippen LogP contribution in [-0.4, -0.2) is 22.4 Å². The molecule has 2 rings (SSSR count). The first-order valence-electron chi connectivity index (χ1n) is 16.7. The normalized spacial score (nSPS) is 27.9. The molecule has 7 atom stereocenters. The van der Waals surface area contributed by atoms with E-state index in [0.717, 1.165) is 44.9 Å². The Morgan fingerprint density at radius 1 is 0.786 bits per heavy atom. The van der Waals surface area contributed by atoms with Gasteiger partial charge in [0.05, 0.1) is 12.2 Å². The highest BCUT2D eigenvalue weighted by molar-refractivity contribution is 5.34. The van der Waals surface area contributed by atoms with Crippen LogP contribution in [0.5, 0.6) is 0 Å². The monoisotopic (exact) mass is 576 g/mol. The molecule has 0 aromatic heterocycles. The highest BCUT2D eigenvalue weighted by atomic mass is 16.3. The third-order valence-corrected chi connectivity index (χ3v) is 9.36. The molecule has 0 spiro atoms. The maximum atomic E-state index is 10.1. The summed E-state index contributed by atoms with van der Waals surface area (Å²) in [5, 5.41) is 20.2. The van der Waals surface area contributed by atoms with Gasteiger partial charge < -0.3 is 10.2 Å². The highest BCUT2D eigenvalue weighted by Crippen LogP contribution is 2.42. The largest absolute Gasteiger partial charge is 0.393 e. The number of hydrogen-bond acceptors (Lipinski definition) is 2. The van der Waals surface area contributed by atoms with Gasteiger partial charge in [0.25, 0.3) is 0 Å². The Morgan fingerprint density at radius 2 is 1.38 bits per heavy atom. The van der Waals surface area contributed by atoms with Gasteiger partial charge in [0.15, 0.2) is 0 Å². The van der Waals surface area contributed by atoms with Crippen LogP contribution in [0.25, 0.3) is 0 Å². The number of hydrogen-bond donors (Lipinski definition) is 2. The van der Waals surface area contributed by atoms with Gasteiger partial charge in [-0.25, -0.2) is 0 Å². The average Bonchev–Trinajstić information content (AvgIpc) is 2.84. The molecule has 2 nitrogen and oxygen atoms in total. The zero-order valence-corrected chi connectivity index (χ0v) is 28.7. The van der Waals surface area contributed by atoms with Crippen LogP contribution in [0.1, 0.15) is 114 Å². The minimum absolute atomic E-state index is 0.0430. The molecular formula is C40H64O2. The Bertz CT molecular complexity index is 1040. The van der Waals surface area contributed by atoms with Crippen molar-refractivity contribution in [3.8, 4) is 0 Å². The first kappa shape index (κ1) is 36.3. The van der Waals surface area contributed by atoms with Crippen molar-refractivity contribution in [3.05, 3.63) is 83.6 Å². The van der Waals surface area contributed by atoms with Gasteiger partial charge in [0, 0.05) is 5.92 Å². The van der Waals surface area contributed by atoms with Gasteiger partial charge >= 0.3 is 0 Å². The minimum atomic E-state index is -0.304. The number of allylic oxidation sites excluding steroid dienone is 12. The Morgan fingerprint density at radius 3 is 2.05 bits per heavy atom. The standard InChI is InChI=1S/C40H64O2/c1-29(17-13-19-31(3)21-23-37-33(5)25-35(41)27-39(37,7)8)15-11-12-16-30(2)18-14-20-32(4)22-24-38-34(6)26-36(42)28-40(38,9)10/h11-14,17,20-25,29-32,35-37,41-42H,15-16,18-19,26-28H2,1-10H3/b12-11+,17-13+,20-14+,23-21+,24-22+/t29?,30?,31?,32?,35-,36-,37-/m0/s1. The zero-order chi connectivity index (χ0) is 31.5. The minimum Gasteiger partial charge on any atom is -0.393 e. The maximum absolute atomic E-state index is 10.1. The van der Waals surface area contributed by atoms with Gasteiger partial charge in [0.1, 0.15) is 0 Å². The lowest BCUT2D eigenvalue weighted by Gasteiger charge is -2.38. The summed E-state index contributed by atoms with van der Waals surface area (Å²) in [6.07, 6.45) is 31.9. The van der Waals surface area contributed by atoms with E-state index in [4.69, 9.17) is 0 Å². The molecule has 0 aliphatic heterocycles. The molecule has 2 N–H and O–H groups in total. The van der Waals surface area contributed by atoms with E-state index >= 15 is 0 Å². The summed E-state index contributed by atoms with van der Waals surface area (Å²) in [5.41, 5.74) is 4.16. The van der Waals surface area contributed by atoms with Gasteiger partial charge in [-0.1, -0.05) is 133 Å². The van der Waals surface area contributed by atoms with Crippen LogP contribution in [0.4, 0.5) is 0 Å². The zero-order valence-electron chi connectivity index (χ0n) is 28.7. The van der Waals surface area contributed by atoms with Crippen molar-refractivity contribution in [1.82, 2.24) is 0 Å². The van der Waals surface area contributed by atoms with Gasteiger partial charge in [-0.3, -0.25) is 0 Å². The molecule has 0 amide bonds. The molecule has 4 unspecified atom stereocenters. The molecule has 0 aromatic carbocycles. The molecule has 2 aliphatic carbocycles. The molecular weight excluding hydrogens is 512 g/mol. The number of aliphatic hydroxyl groups is 2. The van der Waals surface area contributed by atoms with Crippen molar-refractivity contribution in [2.45, 2.75) is 126 Å². The van der Waals surface area contributed by atoms with E-state index in [1.165, 1.54) is 16.7 Å². The summed E-state index contributed by atoms with van der Waals surface area (Å²) in [4.78, 5) is 0. The molecule has 2 aliphatic rings. The van der Waals surface area contributed by atoms with Crippen molar-refractivity contribution in [2.24, 2.45) is 40.4 Å². The van der Waals surface area contributed by atoms with Crippen LogP contribution in [0.3, 0.4) is 0 Å². The molecule has 0 heterocycles. The van der Waals surface area contributed by atoms with Gasteiger partial charge in [-0.05, 0) is 98.9 Å². The third kappa shape index (κ3) is 12.4. The molecule has 0 aromatic rings. The Balaban J connectivity index is 1.69. The second kappa shape index (κ2) is 16.8. The molecule has 0 radical (unpaired) electrons. The highest BCUT2D eigenvalue weighted by Gasteiger charge is 2.34. The summed E-state index contributed by atoms with van der Waals surface area (Å²) in [7, 11) is 0. The Kier molecular flexibility index (Phi) is 14.5. The second-order valence-corrected chi connectivity index (χ2v) is 15.2. The van der Waals surface area contributed by atoms with E-state index in [2.05, 4.69) is 130 Å². The fourth-order valence-electron chi connectivity index (χ4n) is 6.90. The van der Waals surface area contributed by atoms with Crippen molar-refractivity contribution in [3.63, 3.8) is 0 Å². The van der Waals surface area contributed by atoms with E-state index in [-0.39, 0.29) is 23.0 Å². The number of aliphatic hydroxyl groups excluding tert-OH is 2. The molecule has 0 bridgehead atoms. The molecule has 0 fully saturated rings. The lowest BCUT2D eigenvalue weighted by molar-refractivity contribution is 0.116. The fraction of sp³-hybridized carbons (Fsp3) is 0.650. The molecule has 42 heavy (non-hydrogen) atoms. The van der Waals surface area contributed by atoms with Crippen LogP contribution < -0.4 is 0 Å². The first-order chi connectivity index (χ1) is 19.6. The lowest BCUT2D eigenvalue weighted by Crippen LogP contribution is -2.32. The van der Waals surface area contributed by atoms with Gasteiger partial charge in [-0.15, -0.1) is 0 Å². The predicted octanol–water partition coefficient (Wildman–Crippen LogP) is 10.7. The van der Waals surface area contributed by atoms with E-state index in [0.29, 0.717) is 29.6 Å². The summed E-state index contributed by atoms with van der Waals surface area (Å²) in [6, 6.07) is 0. The van der Waals surface area contributed by atoms with E-state index in [1.54, 1.807) is 0 Å². The number of rotatable bonds is 14. The predicted molar refractivity (Wildman–Crippen MR) is 184 cm³/mol. The van der Waals surface area contributed by atoms with Crippen LogP contribution in [0.2, 0.25) is 0 Å². The van der Waals surface area contributed by atoms with Crippen molar-refractivity contribution < 1.29 is 10.2 Å². The summed E-state index contributed by atoms with van der Waals surface area (Å²) in [5.74, 6) is 2.54. The van der Waals surface area contributed by atoms with Crippen molar-refractivity contribution in [2.75, 3.05) is 0 Å². The van der Waals surface area contributed by atoms with Gasteiger partial charge in [-0.2, -0.15) is 0 Å². The van der Waals surface area contributed by atoms with Crippen LogP contribution >= 0.6 is 0 Å². The second-order valence-electron chi connectivity index (χ2n) is 15.2. The van der Waals surface area contributed by atoms with E-state index < -0.39 is 0 Å². The van der Waals surface area contributed by atoms with Crippen LogP contribution in [0.15, 0.2) is 83.6 Å². The van der Waals surface area contributed by atoms with E-state index in [1.807, 2.05) is 6.08 Å². The quantitative estimate of drug-likeness (QED) is 0.202. The molecule has 236 valence electrons. The van der Waals surface area contributed by atoms with Gasteiger partial charge in [0.2, 0.25) is 0 Å². The van der Waals surface area contributed by atoms with Crippen LogP contribution in [0, 0.1) is 40.4 Å². The molecule has 0 saturated heterocycles. The first-order valence-corrected chi connectivity index (χ1v) is 16.7. The Labute approximate surface area is 260 Å². The maximum Gasteiger partial charge on any atom is 0.0729 e. The summed E-state index contributed by atoms with van der Waals surface area (Å²) >= 11 is 0. The smallest absolute Gasteiger partial charge is 0.0729 e. The Hall–Kier alpha value is -1.90. The third-order valence-electron chi connectivity index (χ3n) is 9.36. The molecule has 2 heteroatoms. The SMILES string of the molecule is CC1=C[C@H](O)CC(C)(C)[C@H]1/C=C/C(C)C/C=C/C(C)C/C=C/CC(C)C/C=C/C(C)/C=C/C1=C(C)C[C@H](O)CC1(C)C. The topological polar surface area (TPSA) is 40.5 Å². The van der Waals surface area contributed by atoms with Crippen molar-refractivity contribution in [1.29, 1.82) is 0 Å². The fourth-order valence-corrected chi connectivity index (χ4v) is 6.90. The average molecular weight is 577 g/mol. The summed E-state index contributed by atoms with van der Waals surface area (Å²) < 4.78 is 0. The molecule has 0 saturated carbocycles. The van der Waals surface area contributed by atoms with E-state index in [9.17, 15) is 10.2 Å². The summed E-state index contributed by atoms with van der Waals surface area (Å²) in [6.45, 7) is 22.5. The van der Waals surface area contributed by atoms with Crippen molar-refractivity contribution >= 4 is 0 Å².